The lowest BCUT2D eigenvalue weighted by Gasteiger charge is -2.18. The minimum absolute atomic E-state index is 0.188. The Morgan fingerprint density at radius 1 is 1.22 bits per heavy atom. The fraction of sp³-hybridized carbons (Fsp3) is 0.231. The number of halogens is 4. The van der Waals surface area contributed by atoms with Crippen molar-refractivity contribution in [2.75, 3.05) is 18.3 Å². The van der Waals surface area contributed by atoms with Gasteiger partial charge in [-0.05, 0) is 37.6 Å². The lowest BCUT2D eigenvalue weighted by molar-refractivity contribution is -0.137. The highest BCUT2D eigenvalue weighted by Gasteiger charge is 2.35. The molecule has 23 heavy (non-hydrogen) atoms. The smallest absolute Gasteiger partial charge is 0.319 e. The Bertz CT molecular complexity index is 761. The van der Waals surface area contributed by atoms with Gasteiger partial charge in [-0.1, -0.05) is 11.6 Å². The third-order valence-corrected chi connectivity index (χ3v) is 4.83. The van der Waals surface area contributed by atoms with Crippen LogP contribution in [0.3, 0.4) is 0 Å². The molecule has 0 aliphatic carbocycles. The molecule has 0 saturated heterocycles. The van der Waals surface area contributed by atoms with Gasteiger partial charge >= 0.3 is 6.18 Å². The van der Waals surface area contributed by atoms with E-state index in [1.54, 1.807) is 37.6 Å². The molecule has 0 radical (unpaired) electrons. The summed E-state index contributed by atoms with van der Waals surface area (Å²) < 4.78 is 49.8. The second kappa shape index (κ2) is 6.11. The molecule has 0 bridgehead atoms. The second-order valence-corrected chi connectivity index (χ2v) is 8.69. The molecule has 0 amide bonds. The Kier molecular flexibility index (Phi) is 4.71. The van der Waals surface area contributed by atoms with E-state index < -0.39 is 24.0 Å². The van der Waals surface area contributed by atoms with Gasteiger partial charge in [-0.3, -0.25) is 0 Å². The highest BCUT2D eigenvalue weighted by molar-refractivity contribution is 7.70. The largest absolute Gasteiger partial charge is 0.420 e. The molecular weight excluding hydrogens is 352 g/mol. The van der Waals surface area contributed by atoms with Gasteiger partial charge in [0, 0.05) is 11.5 Å². The van der Waals surface area contributed by atoms with Crippen LogP contribution in [0.2, 0.25) is 5.15 Å². The lowest BCUT2D eigenvalue weighted by atomic mass is 10.3. The van der Waals surface area contributed by atoms with Crippen LogP contribution in [0.15, 0.2) is 30.5 Å². The third kappa shape index (κ3) is 4.02. The highest BCUT2D eigenvalue weighted by Crippen LogP contribution is 2.36. The molecule has 0 saturated carbocycles. The zero-order valence-electron chi connectivity index (χ0n) is 12.2. The van der Waals surface area contributed by atoms with E-state index in [1.807, 2.05) is 0 Å². The van der Waals surface area contributed by atoms with E-state index in [-0.39, 0.29) is 5.95 Å². The van der Waals surface area contributed by atoms with Crippen LogP contribution in [-0.2, 0) is 10.7 Å². The van der Waals surface area contributed by atoms with Gasteiger partial charge < -0.3 is 4.57 Å². The summed E-state index contributed by atoms with van der Waals surface area (Å²) in [4.78, 5) is 7.15. The Morgan fingerprint density at radius 3 is 2.22 bits per heavy atom. The number of hydrogen-bond acceptors (Lipinski definition) is 5. The van der Waals surface area contributed by atoms with E-state index in [0.29, 0.717) is 17.2 Å². The molecule has 10 heteroatoms. The topological polar surface area (TPSA) is 72.1 Å². The van der Waals surface area contributed by atoms with E-state index >= 15 is 0 Å². The number of aromatic nitrogens is 2. The quantitative estimate of drug-likeness (QED) is 0.391. The van der Waals surface area contributed by atoms with Crippen LogP contribution >= 0.6 is 18.7 Å². The summed E-state index contributed by atoms with van der Waals surface area (Å²) >= 11 is 5.54. The Labute approximate surface area is 135 Å². The van der Waals surface area contributed by atoms with Gasteiger partial charge in [0.25, 0.3) is 0 Å². The SMILES string of the molecule is CP(C)(=O)c1ccc(N(N)c2ncc(C(F)(F)F)c(Cl)n2)cc1. The zero-order chi connectivity index (χ0) is 17.4. The molecule has 0 aliphatic heterocycles. The van der Waals surface area contributed by atoms with E-state index in [0.717, 1.165) is 5.01 Å². The predicted octanol–water partition coefficient (Wildman–Crippen LogP) is 3.41. The molecule has 0 spiro atoms. The van der Waals surface area contributed by atoms with Gasteiger partial charge in [0.15, 0.2) is 0 Å². The number of nitrogens with two attached hydrogens (primary N) is 1. The summed E-state index contributed by atoms with van der Waals surface area (Å²) in [6.45, 7) is 3.25. The minimum atomic E-state index is -4.64. The van der Waals surface area contributed by atoms with Crippen LogP contribution in [-0.4, -0.2) is 23.3 Å². The van der Waals surface area contributed by atoms with Crippen molar-refractivity contribution >= 4 is 35.7 Å². The summed E-state index contributed by atoms with van der Waals surface area (Å²) in [7, 11) is -2.41. The summed E-state index contributed by atoms with van der Waals surface area (Å²) in [6, 6.07) is 6.40. The third-order valence-electron chi connectivity index (χ3n) is 3.00. The Morgan fingerprint density at radius 2 is 1.78 bits per heavy atom. The molecule has 0 aliphatic rings. The molecule has 1 heterocycles. The number of alkyl halides is 3. The summed E-state index contributed by atoms with van der Waals surface area (Å²) in [6.07, 6.45) is -4.06. The molecule has 1 aromatic carbocycles. The molecule has 0 unspecified atom stereocenters. The number of nitrogens with zero attached hydrogens (tertiary/aromatic N) is 3. The first-order chi connectivity index (χ1) is 10.5. The first-order valence-corrected chi connectivity index (χ1v) is 9.28. The Hall–Kier alpha value is -1.63. The van der Waals surface area contributed by atoms with Crippen molar-refractivity contribution in [2.24, 2.45) is 5.84 Å². The fourth-order valence-corrected chi connectivity index (χ4v) is 2.84. The summed E-state index contributed by atoms with van der Waals surface area (Å²) in [5.41, 5.74) is -0.720. The normalized spacial score (nSPS) is 12.3. The van der Waals surface area contributed by atoms with E-state index in [9.17, 15) is 17.7 Å². The molecule has 5 nitrogen and oxygen atoms in total. The monoisotopic (exact) mass is 364 g/mol. The lowest BCUT2D eigenvalue weighted by Crippen LogP contribution is -2.27. The number of hydrazine groups is 1. The number of benzene rings is 1. The van der Waals surface area contributed by atoms with Gasteiger partial charge in [0.05, 0.1) is 5.69 Å². The van der Waals surface area contributed by atoms with Crippen molar-refractivity contribution in [3.63, 3.8) is 0 Å². The molecule has 0 atom stereocenters. The maximum absolute atomic E-state index is 12.6. The van der Waals surface area contributed by atoms with Gasteiger partial charge in [-0.2, -0.15) is 18.2 Å². The van der Waals surface area contributed by atoms with Crippen LogP contribution in [0.25, 0.3) is 0 Å². The van der Waals surface area contributed by atoms with Crippen molar-refractivity contribution in [1.82, 2.24) is 9.97 Å². The van der Waals surface area contributed by atoms with E-state index in [1.165, 1.54) is 0 Å². The van der Waals surface area contributed by atoms with Crippen LogP contribution in [0.4, 0.5) is 24.8 Å². The number of anilines is 2. The van der Waals surface area contributed by atoms with Gasteiger partial charge in [0.1, 0.15) is 17.9 Å². The van der Waals surface area contributed by atoms with Gasteiger partial charge in [0.2, 0.25) is 5.95 Å². The van der Waals surface area contributed by atoms with Crippen LogP contribution in [0.1, 0.15) is 5.56 Å². The first-order valence-electron chi connectivity index (χ1n) is 6.30. The summed E-state index contributed by atoms with van der Waals surface area (Å²) in [5.74, 6) is 5.61. The number of hydrogen-bond donors (Lipinski definition) is 1. The molecule has 124 valence electrons. The van der Waals surface area contributed by atoms with E-state index in [2.05, 4.69) is 9.97 Å². The maximum atomic E-state index is 12.6. The van der Waals surface area contributed by atoms with Crippen LogP contribution in [0.5, 0.6) is 0 Å². The average molecular weight is 365 g/mol. The second-order valence-electron chi connectivity index (χ2n) is 5.11. The average Bonchev–Trinajstić information content (AvgIpc) is 2.44. The molecule has 0 fully saturated rings. The zero-order valence-corrected chi connectivity index (χ0v) is 13.8. The van der Waals surface area contributed by atoms with Crippen LogP contribution in [0, 0.1) is 0 Å². The first kappa shape index (κ1) is 17.7. The maximum Gasteiger partial charge on any atom is 0.420 e. The Balaban J connectivity index is 2.32. The van der Waals surface area contributed by atoms with Crippen molar-refractivity contribution in [3.8, 4) is 0 Å². The highest BCUT2D eigenvalue weighted by atomic mass is 35.5. The molecule has 2 aromatic rings. The minimum Gasteiger partial charge on any atom is -0.319 e. The van der Waals surface area contributed by atoms with Gasteiger partial charge in [-0.25, -0.2) is 15.8 Å². The predicted molar refractivity (Wildman–Crippen MR) is 83.9 cm³/mol. The van der Waals surface area contributed by atoms with Crippen molar-refractivity contribution in [3.05, 3.63) is 41.2 Å². The summed E-state index contributed by atoms with van der Waals surface area (Å²) in [5, 5.41) is 0.911. The van der Waals surface area contributed by atoms with Crippen molar-refractivity contribution < 1.29 is 17.7 Å². The van der Waals surface area contributed by atoms with Crippen molar-refractivity contribution in [2.45, 2.75) is 6.18 Å². The molecule has 2 rings (SSSR count). The van der Waals surface area contributed by atoms with Gasteiger partial charge in [-0.15, -0.1) is 0 Å². The molecular formula is C13H13ClF3N4OP. The van der Waals surface area contributed by atoms with Crippen molar-refractivity contribution in [1.29, 1.82) is 0 Å². The van der Waals surface area contributed by atoms with E-state index in [4.69, 9.17) is 17.4 Å². The molecule has 2 N–H and O–H groups in total. The standard InChI is InChI=1S/C13H13ClF3N4OP/c1-23(2,22)9-5-3-8(4-6-9)21(18)12-19-7-10(11(14)20-12)13(15,16)17/h3-7H,18H2,1-2H3. The number of rotatable bonds is 3. The van der Waals surface area contributed by atoms with Crippen LogP contribution < -0.4 is 16.2 Å². The fourth-order valence-electron chi connectivity index (χ4n) is 1.75. The molecule has 1 aromatic heterocycles.